The summed E-state index contributed by atoms with van der Waals surface area (Å²) in [7, 11) is 1.59. The summed E-state index contributed by atoms with van der Waals surface area (Å²) < 4.78 is 9.92. The fraction of sp³-hybridized carbons (Fsp3) is 0.417. The van der Waals surface area contributed by atoms with Gasteiger partial charge in [0.1, 0.15) is 6.73 Å². The number of anilines is 1. The number of rotatable bonds is 6. The number of hydrogen-bond donors (Lipinski definition) is 2. The van der Waals surface area contributed by atoms with Crippen molar-refractivity contribution < 1.29 is 14.3 Å². The first-order valence-electron chi connectivity index (χ1n) is 5.51. The molecule has 5 nitrogen and oxygen atoms in total. The minimum Gasteiger partial charge on any atom is -0.382 e. The molecule has 0 heterocycles. The van der Waals surface area contributed by atoms with E-state index in [1.807, 2.05) is 6.92 Å². The fourth-order valence-electron chi connectivity index (χ4n) is 1.26. The van der Waals surface area contributed by atoms with Crippen LogP contribution in [-0.2, 0) is 9.47 Å². The molecule has 18 heavy (non-hydrogen) atoms. The monoisotopic (exact) mass is 272 g/mol. The van der Waals surface area contributed by atoms with Gasteiger partial charge in [-0.25, -0.2) is 4.79 Å². The Balaban J connectivity index is 2.31. The maximum absolute atomic E-state index is 11.5. The lowest BCUT2D eigenvalue weighted by atomic mass is 10.2. The van der Waals surface area contributed by atoms with Crippen molar-refractivity contribution in [3.05, 3.63) is 28.8 Å². The summed E-state index contributed by atoms with van der Waals surface area (Å²) in [5.41, 5.74) is 1.62. The van der Waals surface area contributed by atoms with Gasteiger partial charge in [0.2, 0.25) is 0 Å². The molecule has 0 spiro atoms. The molecule has 0 aromatic heterocycles. The van der Waals surface area contributed by atoms with Gasteiger partial charge in [0.05, 0.1) is 13.2 Å². The molecular formula is C12H17ClN2O3. The molecule has 0 fully saturated rings. The van der Waals surface area contributed by atoms with Crippen LogP contribution in [0.4, 0.5) is 10.5 Å². The van der Waals surface area contributed by atoms with Crippen LogP contribution in [0.5, 0.6) is 0 Å². The number of carbonyl (C=O) groups excluding carboxylic acids is 1. The van der Waals surface area contributed by atoms with E-state index >= 15 is 0 Å². The Morgan fingerprint density at radius 1 is 1.39 bits per heavy atom. The Hall–Kier alpha value is -1.30. The second kappa shape index (κ2) is 7.92. The number of hydrogen-bond acceptors (Lipinski definition) is 3. The van der Waals surface area contributed by atoms with Gasteiger partial charge in [0.25, 0.3) is 0 Å². The summed E-state index contributed by atoms with van der Waals surface area (Å²) in [5, 5.41) is 5.92. The van der Waals surface area contributed by atoms with Crippen LogP contribution < -0.4 is 10.6 Å². The summed E-state index contributed by atoms with van der Waals surface area (Å²) >= 11 is 5.83. The molecule has 6 heteroatoms. The van der Waals surface area contributed by atoms with E-state index < -0.39 is 0 Å². The molecule has 0 atom stereocenters. The van der Waals surface area contributed by atoms with E-state index in [0.29, 0.717) is 23.9 Å². The Labute approximate surface area is 111 Å². The topological polar surface area (TPSA) is 59.6 Å². The molecule has 0 saturated carbocycles. The van der Waals surface area contributed by atoms with E-state index in [1.165, 1.54) is 0 Å². The second-order valence-corrected chi connectivity index (χ2v) is 4.07. The highest BCUT2D eigenvalue weighted by atomic mass is 35.5. The SMILES string of the molecule is COCCOCNC(=O)Nc1ccc(Cl)cc1C. The zero-order valence-corrected chi connectivity index (χ0v) is 11.2. The highest BCUT2D eigenvalue weighted by molar-refractivity contribution is 6.30. The van der Waals surface area contributed by atoms with E-state index in [2.05, 4.69) is 10.6 Å². The smallest absolute Gasteiger partial charge is 0.321 e. The molecular weight excluding hydrogens is 256 g/mol. The third-order valence-electron chi connectivity index (χ3n) is 2.20. The molecule has 1 aromatic carbocycles. The summed E-state index contributed by atoms with van der Waals surface area (Å²) in [6, 6.07) is 4.94. The minimum atomic E-state index is -0.321. The van der Waals surface area contributed by atoms with Crippen LogP contribution in [0.2, 0.25) is 5.02 Å². The molecule has 0 bridgehead atoms. The number of benzene rings is 1. The van der Waals surface area contributed by atoms with E-state index in [1.54, 1.807) is 25.3 Å². The molecule has 0 aliphatic heterocycles. The molecule has 0 radical (unpaired) electrons. The lowest BCUT2D eigenvalue weighted by Crippen LogP contribution is -2.31. The largest absolute Gasteiger partial charge is 0.382 e. The highest BCUT2D eigenvalue weighted by Crippen LogP contribution is 2.19. The van der Waals surface area contributed by atoms with Crippen molar-refractivity contribution in [2.75, 3.05) is 32.4 Å². The summed E-state index contributed by atoms with van der Waals surface area (Å²) in [6.45, 7) is 2.95. The van der Waals surface area contributed by atoms with Crippen molar-refractivity contribution in [1.29, 1.82) is 0 Å². The minimum absolute atomic E-state index is 0.141. The predicted octanol–water partition coefficient (Wildman–Crippen LogP) is 2.39. The Kier molecular flexibility index (Phi) is 6.49. The Morgan fingerprint density at radius 3 is 2.83 bits per heavy atom. The maximum Gasteiger partial charge on any atom is 0.321 e. The van der Waals surface area contributed by atoms with Gasteiger partial charge < -0.3 is 20.1 Å². The first kappa shape index (κ1) is 14.8. The average molecular weight is 273 g/mol. The summed E-state index contributed by atoms with van der Waals surface area (Å²) in [5.74, 6) is 0. The van der Waals surface area contributed by atoms with Gasteiger partial charge in [-0.3, -0.25) is 0 Å². The molecule has 100 valence electrons. The first-order chi connectivity index (χ1) is 8.63. The summed E-state index contributed by atoms with van der Waals surface area (Å²) in [6.07, 6.45) is 0. The molecule has 0 saturated heterocycles. The van der Waals surface area contributed by atoms with E-state index in [9.17, 15) is 4.79 Å². The van der Waals surface area contributed by atoms with Crippen LogP contribution in [0.1, 0.15) is 5.56 Å². The van der Waals surface area contributed by atoms with Crippen molar-refractivity contribution >= 4 is 23.3 Å². The quantitative estimate of drug-likeness (QED) is 0.617. The number of carbonyl (C=O) groups is 1. The summed E-state index contributed by atoms with van der Waals surface area (Å²) in [4.78, 5) is 11.5. The van der Waals surface area contributed by atoms with Gasteiger partial charge in [-0.15, -0.1) is 0 Å². The van der Waals surface area contributed by atoms with Crippen LogP contribution >= 0.6 is 11.6 Å². The van der Waals surface area contributed by atoms with E-state index in [0.717, 1.165) is 5.56 Å². The zero-order valence-electron chi connectivity index (χ0n) is 10.5. The lowest BCUT2D eigenvalue weighted by Gasteiger charge is -2.10. The van der Waals surface area contributed by atoms with E-state index in [4.69, 9.17) is 21.1 Å². The predicted molar refractivity (Wildman–Crippen MR) is 71.0 cm³/mol. The number of nitrogens with one attached hydrogen (secondary N) is 2. The molecule has 2 N–H and O–H groups in total. The lowest BCUT2D eigenvalue weighted by molar-refractivity contribution is 0.0650. The van der Waals surface area contributed by atoms with Crippen molar-refractivity contribution in [2.24, 2.45) is 0 Å². The second-order valence-electron chi connectivity index (χ2n) is 3.64. The fourth-order valence-corrected chi connectivity index (χ4v) is 1.49. The van der Waals surface area contributed by atoms with Crippen molar-refractivity contribution in [1.82, 2.24) is 5.32 Å². The normalized spacial score (nSPS) is 10.2. The maximum atomic E-state index is 11.5. The molecule has 1 aromatic rings. The van der Waals surface area contributed by atoms with Crippen LogP contribution in [0.25, 0.3) is 0 Å². The molecule has 1 rings (SSSR count). The number of urea groups is 1. The third-order valence-corrected chi connectivity index (χ3v) is 2.44. The van der Waals surface area contributed by atoms with Crippen LogP contribution in [0, 0.1) is 6.92 Å². The molecule has 2 amide bonds. The van der Waals surface area contributed by atoms with Gasteiger partial charge in [-0.2, -0.15) is 0 Å². The number of methoxy groups -OCH3 is 1. The van der Waals surface area contributed by atoms with Gasteiger partial charge in [0, 0.05) is 17.8 Å². The van der Waals surface area contributed by atoms with Gasteiger partial charge in [-0.05, 0) is 30.7 Å². The number of amides is 2. The van der Waals surface area contributed by atoms with Gasteiger partial charge in [-0.1, -0.05) is 11.6 Å². The van der Waals surface area contributed by atoms with Crippen molar-refractivity contribution in [3.63, 3.8) is 0 Å². The standard InChI is InChI=1S/C12H17ClN2O3/c1-9-7-10(13)3-4-11(9)15-12(16)14-8-18-6-5-17-2/h3-4,7H,5-6,8H2,1-2H3,(H2,14,15,16). The third kappa shape index (κ3) is 5.35. The van der Waals surface area contributed by atoms with Gasteiger partial charge in [0.15, 0.2) is 0 Å². The van der Waals surface area contributed by atoms with Gasteiger partial charge >= 0.3 is 6.03 Å². The van der Waals surface area contributed by atoms with E-state index in [-0.39, 0.29) is 12.8 Å². The molecule has 0 aliphatic rings. The Bertz CT molecular complexity index is 399. The van der Waals surface area contributed by atoms with Crippen LogP contribution in [0.15, 0.2) is 18.2 Å². The zero-order chi connectivity index (χ0) is 13.4. The average Bonchev–Trinajstić information content (AvgIpc) is 2.32. The van der Waals surface area contributed by atoms with Crippen molar-refractivity contribution in [2.45, 2.75) is 6.92 Å². The Morgan fingerprint density at radius 2 is 2.17 bits per heavy atom. The number of aryl methyl sites for hydroxylation is 1. The molecule has 0 aliphatic carbocycles. The van der Waals surface area contributed by atoms with Crippen molar-refractivity contribution in [3.8, 4) is 0 Å². The highest BCUT2D eigenvalue weighted by Gasteiger charge is 2.03. The number of halogens is 1. The first-order valence-corrected chi connectivity index (χ1v) is 5.89. The van der Waals surface area contributed by atoms with Crippen LogP contribution in [-0.4, -0.2) is 33.1 Å². The number of ether oxygens (including phenoxy) is 2. The van der Waals surface area contributed by atoms with Crippen LogP contribution in [0.3, 0.4) is 0 Å². The molecule has 0 unspecified atom stereocenters.